The topological polar surface area (TPSA) is 40.7 Å². The summed E-state index contributed by atoms with van der Waals surface area (Å²) in [6.45, 7) is 2.22. The van der Waals surface area contributed by atoms with E-state index >= 15 is 0 Å². The standard InChI is InChI=1S/C11H10ClF2N3/c1-6-7(5-16-17-6)4-15-11-9(12)2-8(13)3-10(11)14/h2-3,5,15H,4H2,1H3,(H,16,17). The molecule has 0 unspecified atom stereocenters. The van der Waals surface area contributed by atoms with Crippen molar-refractivity contribution in [2.45, 2.75) is 13.5 Å². The monoisotopic (exact) mass is 257 g/mol. The van der Waals surface area contributed by atoms with Crippen LogP contribution in [0.3, 0.4) is 0 Å². The van der Waals surface area contributed by atoms with Crippen LogP contribution in [0.4, 0.5) is 14.5 Å². The zero-order valence-corrected chi connectivity index (χ0v) is 9.78. The van der Waals surface area contributed by atoms with Gasteiger partial charge in [0.05, 0.1) is 16.9 Å². The van der Waals surface area contributed by atoms with Crippen LogP contribution < -0.4 is 5.32 Å². The first-order chi connectivity index (χ1) is 8.08. The van der Waals surface area contributed by atoms with Crippen LogP contribution >= 0.6 is 11.6 Å². The highest BCUT2D eigenvalue weighted by atomic mass is 35.5. The fourth-order valence-corrected chi connectivity index (χ4v) is 1.71. The van der Waals surface area contributed by atoms with Crippen molar-refractivity contribution in [2.75, 3.05) is 5.32 Å². The maximum absolute atomic E-state index is 13.4. The number of aryl methyl sites for hydroxylation is 1. The molecule has 0 spiro atoms. The lowest BCUT2D eigenvalue weighted by Crippen LogP contribution is -2.03. The van der Waals surface area contributed by atoms with Crippen LogP contribution in [0.15, 0.2) is 18.3 Å². The number of aromatic amines is 1. The van der Waals surface area contributed by atoms with Crippen molar-refractivity contribution >= 4 is 17.3 Å². The van der Waals surface area contributed by atoms with E-state index in [0.717, 1.165) is 23.4 Å². The number of anilines is 1. The Bertz CT molecular complexity index is 516. The SMILES string of the molecule is Cc1[nH]ncc1CNc1c(F)cc(F)cc1Cl. The summed E-state index contributed by atoms with van der Waals surface area (Å²) >= 11 is 5.75. The molecule has 0 fully saturated rings. The fourth-order valence-electron chi connectivity index (χ4n) is 1.45. The molecule has 0 saturated heterocycles. The lowest BCUT2D eigenvalue weighted by Gasteiger charge is -2.09. The second-order valence-electron chi connectivity index (χ2n) is 3.62. The summed E-state index contributed by atoms with van der Waals surface area (Å²) in [5, 5.41) is 9.44. The quantitative estimate of drug-likeness (QED) is 0.886. The lowest BCUT2D eigenvalue weighted by molar-refractivity contribution is 0.585. The van der Waals surface area contributed by atoms with Gasteiger partial charge in [-0.05, 0) is 13.0 Å². The van der Waals surface area contributed by atoms with Gasteiger partial charge in [-0.1, -0.05) is 11.6 Å². The van der Waals surface area contributed by atoms with Crippen LogP contribution in [0.2, 0.25) is 5.02 Å². The summed E-state index contributed by atoms with van der Waals surface area (Å²) in [5.74, 6) is -1.41. The zero-order valence-electron chi connectivity index (χ0n) is 9.02. The molecule has 0 amide bonds. The van der Waals surface area contributed by atoms with E-state index in [9.17, 15) is 8.78 Å². The number of nitrogens with one attached hydrogen (secondary N) is 2. The average Bonchev–Trinajstić information content (AvgIpc) is 2.62. The first-order valence-electron chi connectivity index (χ1n) is 4.95. The van der Waals surface area contributed by atoms with Crippen molar-refractivity contribution in [1.82, 2.24) is 10.2 Å². The summed E-state index contributed by atoms with van der Waals surface area (Å²) in [4.78, 5) is 0. The summed E-state index contributed by atoms with van der Waals surface area (Å²) < 4.78 is 26.2. The fraction of sp³-hybridized carbons (Fsp3) is 0.182. The maximum atomic E-state index is 13.4. The van der Waals surface area contributed by atoms with E-state index < -0.39 is 11.6 Å². The van der Waals surface area contributed by atoms with Gasteiger partial charge in [0.1, 0.15) is 5.82 Å². The highest BCUT2D eigenvalue weighted by Gasteiger charge is 2.10. The number of aromatic nitrogens is 2. The lowest BCUT2D eigenvalue weighted by atomic mass is 10.2. The van der Waals surface area contributed by atoms with Gasteiger partial charge in [0.15, 0.2) is 5.82 Å². The normalized spacial score (nSPS) is 10.6. The molecule has 2 aromatic rings. The van der Waals surface area contributed by atoms with Gasteiger partial charge in [-0.2, -0.15) is 5.10 Å². The summed E-state index contributed by atoms with van der Waals surface area (Å²) in [6.07, 6.45) is 1.64. The van der Waals surface area contributed by atoms with E-state index in [4.69, 9.17) is 11.6 Å². The van der Waals surface area contributed by atoms with Crippen LogP contribution in [-0.4, -0.2) is 10.2 Å². The Hall–Kier alpha value is -1.62. The number of nitrogens with zero attached hydrogens (tertiary/aromatic N) is 1. The molecule has 6 heteroatoms. The Morgan fingerprint density at radius 1 is 1.41 bits per heavy atom. The molecule has 1 heterocycles. The molecule has 3 nitrogen and oxygen atoms in total. The largest absolute Gasteiger partial charge is 0.377 e. The minimum Gasteiger partial charge on any atom is -0.377 e. The van der Waals surface area contributed by atoms with E-state index in [-0.39, 0.29) is 10.7 Å². The highest BCUT2D eigenvalue weighted by Crippen LogP contribution is 2.26. The van der Waals surface area contributed by atoms with Gasteiger partial charge in [-0.3, -0.25) is 5.10 Å². The van der Waals surface area contributed by atoms with E-state index in [2.05, 4.69) is 15.5 Å². The molecule has 17 heavy (non-hydrogen) atoms. The maximum Gasteiger partial charge on any atom is 0.150 e. The number of H-pyrrole nitrogens is 1. The molecule has 2 N–H and O–H groups in total. The molecule has 0 aliphatic carbocycles. The van der Waals surface area contributed by atoms with Crippen molar-refractivity contribution in [3.63, 3.8) is 0 Å². The van der Waals surface area contributed by atoms with Crippen LogP contribution in [0.5, 0.6) is 0 Å². The third kappa shape index (κ3) is 2.55. The van der Waals surface area contributed by atoms with Crippen molar-refractivity contribution < 1.29 is 8.78 Å². The number of rotatable bonds is 3. The average molecular weight is 258 g/mol. The third-order valence-corrected chi connectivity index (χ3v) is 2.69. The molecule has 0 bridgehead atoms. The number of halogens is 3. The van der Waals surface area contributed by atoms with E-state index in [1.807, 2.05) is 6.92 Å². The minimum atomic E-state index is -0.712. The number of hydrogen-bond acceptors (Lipinski definition) is 2. The summed E-state index contributed by atoms with van der Waals surface area (Å²) in [6, 6.07) is 1.85. The second kappa shape index (κ2) is 4.71. The molecular formula is C11H10ClF2N3. The van der Waals surface area contributed by atoms with Crippen molar-refractivity contribution in [3.8, 4) is 0 Å². The molecule has 2 rings (SSSR count). The van der Waals surface area contributed by atoms with Gasteiger partial charge in [0.25, 0.3) is 0 Å². The molecule has 1 aromatic carbocycles. The minimum absolute atomic E-state index is 0.0173. The first kappa shape index (κ1) is 11.9. The van der Waals surface area contributed by atoms with Crippen molar-refractivity contribution in [2.24, 2.45) is 0 Å². The van der Waals surface area contributed by atoms with Gasteiger partial charge in [0, 0.05) is 23.9 Å². The van der Waals surface area contributed by atoms with Crippen LogP contribution in [0.1, 0.15) is 11.3 Å². The van der Waals surface area contributed by atoms with Crippen molar-refractivity contribution in [3.05, 3.63) is 46.2 Å². The van der Waals surface area contributed by atoms with Crippen molar-refractivity contribution in [1.29, 1.82) is 0 Å². The van der Waals surface area contributed by atoms with Gasteiger partial charge in [-0.15, -0.1) is 0 Å². The Balaban J connectivity index is 2.17. The van der Waals surface area contributed by atoms with Gasteiger partial charge in [0.2, 0.25) is 0 Å². The highest BCUT2D eigenvalue weighted by molar-refractivity contribution is 6.33. The first-order valence-corrected chi connectivity index (χ1v) is 5.33. The molecule has 0 atom stereocenters. The van der Waals surface area contributed by atoms with E-state index in [0.29, 0.717) is 6.54 Å². The van der Waals surface area contributed by atoms with Crippen LogP contribution in [0, 0.1) is 18.6 Å². The van der Waals surface area contributed by atoms with Gasteiger partial charge in [-0.25, -0.2) is 8.78 Å². The molecular weight excluding hydrogens is 248 g/mol. The smallest absolute Gasteiger partial charge is 0.150 e. The zero-order chi connectivity index (χ0) is 12.4. The summed E-state index contributed by atoms with van der Waals surface area (Å²) in [7, 11) is 0. The predicted octanol–water partition coefficient (Wildman–Crippen LogP) is 3.26. The molecule has 90 valence electrons. The Morgan fingerprint density at radius 3 is 2.76 bits per heavy atom. The molecule has 1 aromatic heterocycles. The molecule has 0 radical (unpaired) electrons. The Kier molecular flexibility index (Phi) is 3.28. The molecule has 0 aliphatic heterocycles. The Morgan fingerprint density at radius 2 is 2.18 bits per heavy atom. The Labute approximate surface area is 102 Å². The number of hydrogen-bond donors (Lipinski definition) is 2. The molecule has 0 aliphatic rings. The summed E-state index contributed by atoms with van der Waals surface area (Å²) in [5.41, 5.74) is 1.87. The second-order valence-corrected chi connectivity index (χ2v) is 4.03. The van der Waals surface area contributed by atoms with Gasteiger partial charge >= 0.3 is 0 Å². The third-order valence-electron chi connectivity index (χ3n) is 2.40. The van der Waals surface area contributed by atoms with Gasteiger partial charge < -0.3 is 5.32 Å². The van der Waals surface area contributed by atoms with Crippen LogP contribution in [0.25, 0.3) is 0 Å². The van der Waals surface area contributed by atoms with E-state index in [1.54, 1.807) is 6.20 Å². The van der Waals surface area contributed by atoms with Crippen LogP contribution in [-0.2, 0) is 6.54 Å². The number of benzene rings is 1. The predicted molar refractivity (Wildman–Crippen MR) is 62.0 cm³/mol. The molecule has 0 saturated carbocycles. The van der Waals surface area contributed by atoms with E-state index in [1.165, 1.54) is 0 Å².